The molecule has 3 heterocycles. The molecule has 0 saturated carbocycles. The Morgan fingerprint density at radius 2 is 1.81 bits per heavy atom. The lowest BCUT2D eigenvalue weighted by molar-refractivity contribution is -0.119. The Morgan fingerprint density at radius 1 is 1.15 bits per heavy atom. The average molecular weight is 418 g/mol. The summed E-state index contributed by atoms with van der Waals surface area (Å²) < 4.78 is 0.655. The smallest absolute Gasteiger partial charge is 0.262 e. The maximum absolute atomic E-state index is 12.6. The summed E-state index contributed by atoms with van der Waals surface area (Å²) in [6.45, 7) is 1.52. The number of amides is 3. The van der Waals surface area contributed by atoms with E-state index in [-0.39, 0.29) is 0 Å². The third kappa shape index (κ3) is 3.16. The molecule has 9 heteroatoms. The monoisotopic (exact) mass is 417 g/mol. The van der Waals surface area contributed by atoms with Crippen molar-refractivity contribution < 1.29 is 14.4 Å². The van der Waals surface area contributed by atoms with Gasteiger partial charge in [-0.25, -0.2) is 4.98 Å². The van der Waals surface area contributed by atoms with Crippen LogP contribution in [0.3, 0.4) is 0 Å². The van der Waals surface area contributed by atoms with Crippen LogP contribution in [0.1, 0.15) is 27.6 Å². The summed E-state index contributed by atoms with van der Waals surface area (Å²) in [5.74, 6) is -1.41. The number of carbonyl (C=O) groups is 3. The van der Waals surface area contributed by atoms with Crippen molar-refractivity contribution in [1.29, 1.82) is 0 Å². The van der Waals surface area contributed by atoms with Gasteiger partial charge in [0, 0.05) is 5.38 Å². The van der Waals surface area contributed by atoms with Gasteiger partial charge in [-0.15, -0.1) is 22.7 Å². The second-order valence-corrected chi connectivity index (χ2v) is 8.41. The zero-order valence-electron chi connectivity index (χ0n) is 13.9. The van der Waals surface area contributed by atoms with E-state index in [0.29, 0.717) is 26.3 Å². The maximum atomic E-state index is 12.6. The number of hydrogen-bond acceptors (Lipinski definition) is 6. The number of halogens is 1. The van der Waals surface area contributed by atoms with Crippen LogP contribution in [0.4, 0.5) is 5.13 Å². The highest BCUT2D eigenvalue weighted by molar-refractivity contribution is 7.20. The van der Waals surface area contributed by atoms with Crippen molar-refractivity contribution in [1.82, 2.24) is 9.88 Å². The van der Waals surface area contributed by atoms with Crippen molar-refractivity contribution >= 4 is 57.1 Å². The number of carbonyl (C=O) groups excluding carboxylic acids is 3. The fraction of sp³-hybridized carbons (Fsp3) is 0.111. The van der Waals surface area contributed by atoms with E-state index in [4.69, 9.17) is 11.6 Å². The van der Waals surface area contributed by atoms with E-state index in [9.17, 15) is 14.4 Å². The van der Waals surface area contributed by atoms with Crippen LogP contribution in [0, 0.1) is 0 Å². The van der Waals surface area contributed by atoms with E-state index >= 15 is 0 Å². The number of rotatable bonds is 4. The molecule has 0 radical (unpaired) electrons. The van der Waals surface area contributed by atoms with Gasteiger partial charge in [-0.1, -0.05) is 23.7 Å². The van der Waals surface area contributed by atoms with E-state index in [0.717, 1.165) is 9.78 Å². The summed E-state index contributed by atoms with van der Waals surface area (Å²) in [7, 11) is 0. The number of nitrogens with one attached hydrogen (secondary N) is 1. The van der Waals surface area contributed by atoms with Crippen LogP contribution < -0.4 is 5.32 Å². The third-order valence-corrected chi connectivity index (χ3v) is 6.16. The average Bonchev–Trinajstić information content (AvgIpc) is 3.35. The Balaban J connectivity index is 1.50. The number of fused-ring (bicyclic) bond motifs is 1. The Kier molecular flexibility index (Phi) is 4.55. The predicted octanol–water partition coefficient (Wildman–Crippen LogP) is 4.15. The summed E-state index contributed by atoms with van der Waals surface area (Å²) >= 11 is 8.59. The lowest BCUT2D eigenvalue weighted by Gasteiger charge is -2.21. The van der Waals surface area contributed by atoms with E-state index in [1.807, 2.05) is 11.4 Å². The fourth-order valence-corrected chi connectivity index (χ4v) is 4.57. The number of benzene rings is 1. The van der Waals surface area contributed by atoms with Crippen LogP contribution in [-0.2, 0) is 4.79 Å². The first-order valence-corrected chi connectivity index (χ1v) is 10.0. The topological polar surface area (TPSA) is 79.4 Å². The number of anilines is 1. The van der Waals surface area contributed by atoms with Crippen molar-refractivity contribution in [2.75, 3.05) is 5.32 Å². The minimum atomic E-state index is -0.957. The standard InChI is InChI=1S/C18H12ClN3O3S2/c1-9(22-16(24)10-4-2-3-5-11(10)17(22)25)15(23)21-18-20-12(8-26-18)13-6-7-14(19)27-13/h2-9H,1H3,(H,20,21,23). The van der Waals surface area contributed by atoms with Gasteiger partial charge in [0.2, 0.25) is 5.91 Å². The molecule has 1 unspecified atom stereocenters. The minimum Gasteiger partial charge on any atom is -0.300 e. The molecule has 1 aliphatic heterocycles. The third-order valence-electron chi connectivity index (χ3n) is 4.15. The van der Waals surface area contributed by atoms with Crippen LogP contribution in [-0.4, -0.2) is 33.6 Å². The van der Waals surface area contributed by atoms with Gasteiger partial charge in [-0.05, 0) is 31.2 Å². The Bertz CT molecular complexity index is 1040. The van der Waals surface area contributed by atoms with Crippen molar-refractivity contribution in [3.63, 3.8) is 0 Å². The quantitative estimate of drug-likeness (QED) is 0.647. The van der Waals surface area contributed by atoms with Crippen LogP contribution in [0.15, 0.2) is 41.8 Å². The first-order valence-electron chi connectivity index (χ1n) is 7.94. The number of thiazole rings is 1. The molecule has 4 rings (SSSR count). The number of thiophene rings is 1. The molecule has 3 aromatic rings. The second-order valence-electron chi connectivity index (χ2n) is 5.83. The van der Waals surface area contributed by atoms with Crippen LogP contribution in [0.2, 0.25) is 4.34 Å². The highest BCUT2D eigenvalue weighted by Gasteiger charge is 2.40. The molecule has 1 N–H and O–H groups in total. The highest BCUT2D eigenvalue weighted by Crippen LogP contribution is 2.33. The molecule has 136 valence electrons. The van der Waals surface area contributed by atoms with E-state index in [2.05, 4.69) is 10.3 Å². The van der Waals surface area contributed by atoms with Crippen molar-refractivity contribution in [3.8, 4) is 10.6 Å². The van der Waals surface area contributed by atoms with E-state index in [1.165, 1.54) is 29.6 Å². The first kappa shape index (κ1) is 17.8. The largest absolute Gasteiger partial charge is 0.300 e. The SMILES string of the molecule is CC(C(=O)Nc1nc(-c2ccc(Cl)s2)cs1)N1C(=O)c2ccccc2C1=O. The molecule has 0 saturated heterocycles. The molecular formula is C18H12ClN3O3S2. The van der Waals surface area contributed by atoms with Crippen LogP contribution in [0.5, 0.6) is 0 Å². The summed E-state index contributed by atoms with van der Waals surface area (Å²) in [6.07, 6.45) is 0. The zero-order chi connectivity index (χ0) is 19.1. The van der Waals surface area contributed by atoms with E-state index < -0.39 is 23.8 Å². The lowest BCUT2D eigenvalue weighted by Crippen LogP contribution is -2.45. The highest BCUT2D eigenvalue weighted by atomic mass is 35.5. The molecule has 0 aliphatic carbocycles. The minimum absolute atomic E-state index is 0.313. The van der Waals surface area contributed by atoms with Gasteiger partial charge in [0.25, 0.3) is 11.8 Å². The molecule has 1 atom stereocenters. The van der Waals surface area contributed by atoms with Crippen molar-refractivity contribution in [2.45, 2.75) is 13.0 Å². The molecule has 1 aromatic carbocycles. The molecular weight excluding hydrogens is 406 g/mol. The zero-order valence-corrected chi connectivity index (χ0v) is 16.3. The Labute approximate surface area is 167 Å². The van der Waals surface area contributed by atoms with Gasteiger partial charge in [0.05, 0.1) is 26.0 Å². The normalized spacial score (nSPS) is 14.4. The maximum Gasteiger partial charge on any atom is 0.262 e. The number of hydrogen-bond donors (Lipinski definition) is 1. The molecule has 27 heavy (non-hydrogen) atoms. The number of imide groups is 1. The van der Waals surface area contributed by atoms with Gasteiger partial charge in [0.1, 0.15) is 6.04 Å². The summed E-state index contributed by atoms with van der Waals surface area (Å²) in [5.41, 5.74) is 1.34. The Hall–Kier alpha value is -2.55. The van der Waals surface area contributed by atoms with Crippen LogP contribution >= 0.6 is 34.3 Å². The van der Waals surface area contributed by atoms with Crippen LogP contribution in [0.25, 0.3) is 10.6 Å². The Morgan fingerprint density at radius 3 is 2.41 bits per heavy atom. The molecule has 0 fully saturated rings. The molecule has 0 bridgehead atoms. The first-order chi connectivity index (χ1) is 13.0. The molecule has 3 amide bonds. The van der Waals surface area contributed by atoms with E-state index in [1.54, 1.807) is 30.3 Å². The van der Waals surface area contributed by atoms with Gasteiger partial charge in [0.15, 0.2) is 5.13 Å². The van der Waals surface area contributed by atoms with Gasteiger partial charge < -0.3 is 5.32 Å². The summed E-state index contributed by atoms with van der Waals surface area (Å²) in [5, 5.41) is 4.88. The molecule has 6 nitrogen and oxygen atoms in total. The van der Waals surface area contributed by atoms with Gasteiger partial charge >= 0.3 is 0 Å². The summed E-state index contributed by atoms with van der Waals surface area (Å²) in [4.78, 5) is 43.8. The molecule has 2 aromatic heterocycles. The van der Waals surface area contributed by atoms with Crippen molar-refractivity contribution in [3.05, 3.63) is 57.2 Å². The van der Waals surface area contributed by atoms with Crippen molar-refractivity contribution in [2.24, 2.45) is 0 Å². The number of nitrogens with zero attached hydrogens (tertiary/aromatic N) is 2. The van der Waals surface area contributed by atoms with Gasteiger partial charge in [-0.2, -0.15) is 0 Å². The van der Waals surface area contributed by atoms with Gasteiger partial charge in [-0.3, -0.25) is 19.3 Å². The second kappa shape index (κ2) is 6.88. The summed E-state index contributed by atoms with van der Waals surface area (Å²) in [6, 6.07) is 9.22. The lowest BCUT2D eigenvalue weighted by atomic mass is 10.1. The molecule has 0 spiro atoms. The molecule has 1 aliphatic rings. The fourth-order valence-electron chi connectivity index (χ4n) is 2.78. The predicted molar refractivity (Wildman–Crippen MR) is 105 cm³/mol. The number of aromatic nitrogens is 1.